The Morgan fingerprint density at radius 2 is 1.84 bits per heavy atom. The van der Waals surface area contributed by atoms with E-state index in [1.54, 1.807) is 0 Å². The van der Waals surface area contributed by atoms with Crippen molar-refractivity contribution in [2.45, 2.75) is 44.2 Å². The molecule has 3 heteroatoms. The van der Waals surface area contributed by atoms with E-state index in [-0.39, 0.29) is 12.0 Å². The Hall–Kier alpha value is -2.13. The van der Waals surface area contributed by atoms with Crippen LogP contribution in [0.2, 0.25) is 0 Å². The highest BCUT2D eigenvalue weighted by molar-refractivity contribution is 5.76. The second kappa shape index (κ2) is 7.40. The zero-order valence-corrected chi connectivity index (χ0v) is 14.5. The molecule has 0 amide bonds. The summed E-state index contributed by atoms with van der Waals surface area (Å²) in [6, 6.07) is 18.7. The van der Waals surface area contributed by atoms with Crippen molar-refractivity contribution in [3.05, 3.63) is 71.3 Å². The summed E-state index contributed by atoms with van der Waals surface area (Å²) in [6.45, 7) is 1.24. The minimum Gasteiger partial charge on any atom is -0.460 e. The molecule has 0 bridgehead atoms. The molecule has 1 aliphatic heterocycles. The van der Waals surface area contributed by atoms with Crippen molar-refractivity contribution in [2.24, 2.45) is 5.92 Å². The van der Waals surface area contributed by atoms with Crippen LogP contribution in [-0.4, -0.2) is 18.6 Å². The van der Waals surface area contributed by atoms with Crippen LogP contribution in [0, 0.1) is 5.92 Å². The van der Waals surface area contributed by atoms with Crippen LogP contribution >= 0.6 is 0 Å². The van der Waals surface area contributed by atoms with Crippen molar-refractivity contribution in [1.82, 2.24) is 5.32 Å². The molecule has 25 heavy (non-hydrogen) atoms. The van der Waals surface area contributed by atoms with Crippen LogP contribution in [0.1, 0.15) is 41.9 Å². The Balaban J connectivity index is 1.27. The van der Waals surface area contributed by atoms with Gasteiger partial charge in [-0.2, -0.15) is 0 Å². The fourth-order valence-electron chi connectivity index (χ4n) is 3.70. The number of nitrogens with one attached hydrogen (secondary N) is 1. The Labute approximate surface area is 149 Å². The summed E-state index contributed by atoms with van der Waals surface area (Å²) < 4.78 is 5.47. The lowest BCUT2D eigenvalue weighted by Gasteiger charge is -2.12. The highest BCUT2D eigenvalue weighted by atomic mass is 16.5. The first-order valence-electron chi connectivity index (χ1n) is 9.31. The van der Waals surface area contributed by atoms with E-state index in [0.717, 1.165) is 30.9 Å². The predicted molar refractivity (Wildman–Crippen MR) is 98.3 cm³/mol. The minimum atomic E-state index is -0.166. The number of ether oxygens (including phenoxy) is 1. The Bertz CT molecular complexity index is 724. The number of hydrogen-bond acceptors (Lipinski definition) is 3. The second-order valence-corrected chi connectivity index (χ2v) is 7.38. The molecule has 1 N–H and O–H groups in total. The minimum absolute atomic E-state index is 0.127. The zero-order valence-electron chi connectivity index (χ0n) is 14.5. The van der Waals surface area contributed by atoms with Gasteiger partial charge in [-0.15, -0.1) is 0 Å². The molecule has 2 aromatic carbocycles. The van der Waals surface area contributed by atoms with Crippen molar-refractivity contribution in [3.63, 3.8) is 0 Å². The Morgan fingerprint density at radius 3 is 2.64 bits per heavy atom. The molecule has 2 aliphatic rings. The third-order valence-electron chi connectivity index (χ3n) is 5.25. The summed E-state index contributed by atoms with van der Waals surface area (Å²) in [7, 11) is 0. The molecule has 0 radical (unpaired) electrons. The molecule has 0 aromatic heterocycles. The number of hydrogen-bond donors (Lipinski definition) is 1. The van der Waals surface area contributed by atoms with Gasteiger partial charge in [-0.1, -0.05) is 54.6 Å². The summed E-state index contributed by atoms with van der Waals surface area (Å²) in [4.78, 5) is 12.3. The second-order valence-electron chi connectivity index (χ2n) is 7.38. The van der Waals surface area contributed by atoms with Crippen LogP contribution in [-0.2, 0) is 22.6 Å². The van der Waals surface area contributed by atoms with Gasteiger partial charge in [-0.25, -0.2) is 0 Å². The Morgan fingerprint density at radius 1 is 1.04 bits per heavy atom. The lowest BCUT2D eigenvalue weighted by atomic mass is 9.95. The molecule has 4 rings (SSSR count). The van der Waals surface area contributed by atoms with E-state index in [4.69, 9.17) is 4.74 Å². The van der Waals surface area contributed by atoms with E-state index in [2.05, 4.69) is 29.6 Å². The first kappa shape index (κ1) is 16.3. The van der Waals surface area contributed by atoms with Gasteiger partial charge in [0.15, 0.2) is 0 Å². The van der Waals surface area contributed by atoms with Gasteiger partial charge in [-0.3, -0.25) is 4.79 Å². The van der Waals surface area contributed by atoms with Crippen LogP contribution in [0.3, 0.4) is 0 Å². The molecule has 1 heterocycles. The topological polar surface area (TPSA) is 38.3 Å². The summed E-state index contributed by atoms with van der Waals surface area (Å²) in [5.41, 5.74) is 3.92. The number of carbonyl (C=O) groups excluding carboxylic acids is 1. The van der Waals surface area contributed by atoms with Crippen molar-refractivity contribution in [1.29, 1.82) is 0 Å². The van der Waals surface area contributed by atoms with Gasteiger partial charge >= 0.3 is 5.97 Å². The normalized spacial score (nSPS) is 22.7. The van der Waals surface area contributed by atoms with Gasteiger partial charge < -0.3 is 10.1 Å². The van der Waals surface area contributed by atoms with Gasteiger partial charge in [0.25, 0.3) is 0 Å². The zero-order chi connectivity index (χ0) is 17.1. The summed E-state index contributed by atoms with van der Waals surface area (Å²) in [5, 5.41) is 3.34. The van der Waals surface area contributed by atoms with Crippen LogP contribution < -0.4 is 5.32 Å². The maximum atomic E-state index is 12.3. The van der Waals surface area contributed by atoms with Gasteiger partial charge in [0, 0.05) is 0 Å². The van der Waals surface area contributed by atoms with Gasteiger partial charge in [0.1, 0.15) is 12.6 Å². The van der Waals surface area contributed by atoms with E-state index < -0.39 is 0 Å². The maximum absolute atomic E-state index is 12.3. The molecule has 2 atom stereocenters. The van der Waals surface area contributed by atoms with Gasteiger partial charge in [0.2, 0.25) is 0 Å². The van der Waals surface area contributed by atoms with Crippen molar-refractivity contribution in [3.8, 4) is 0 Å². The molecular weight excluding hydrogens is 310 g/mol. The number of carbonyl (C=O) groups is 1. The van der Waals surface area contributed by atoms with E-state index in [0.29, 0.717) is 12.5 Å². The van der Waals surface area contributed by atoms with E-state index in [1.807, 2.05) is 30.3 Å². The van der Waals surface area contributed by atoms with Crippen molar-refractivity contribution in [2.75, 3.05) is 6.54 Å². The summed E-state index contributed by atoms with van der Waals surface area (Å²) in [6.07, 6.45) is 4.57. The Kier molecular flexibility index (Phi) is 4.84. The van der Waals surface area contributed by atoms with Crippen molar-refractivity contribution >= 4 is 5.97 Å². The van der Waals surface area contributed by atoms with Gasteiger partial charge in [0.05, 0.1) is 0 Å². The van der Waals surface area contributed by atoms with Gasteiger partial charge in [-0.05, 0) is 60.8 Å². The van der Waals surface area contributed by atoms with E-state index in [1.165, 1.54) is 24.0 Å². The number of esters is 1. The lowest BCUT2D eigenvalue weighted by molar-refractivity contribution is -0.147. The molecule has 1 saturated heterocycles. The van der Waals surface area contributed by atoms with Crippen LogP contribution in [0.15, 0.2) is 54.6 Å². The molecule has 1 aliphatic carbocycles. The predicted octanol–water partition coefficient (Wildman–Crippen LogP) is 3.83. The molecule has 1 saturated carbocycles. The number of benzene rings is 2. The fraction of sp³-hybridized carbons (Fsp3) is 0.409. The number of rotatable bonds is 6. The van der Waals surface area contributed by atoms with Crippen LogP contribution in [0.5, 0.6) is 0 Å². The van der Waals surface area contributed by atoms with Crippen molar-refractivity contribution < 1.29 is 9.53 Å². The van der Waals surface area contributed by atoms with E-state index in [9.17, 15) is 4.79 Å². The van der Waals surface area contributed by atoms with Crippen LogP contribution in [0.4, 0.5) is 0 Å². The van der Waals surface area contributed by atoms with E-state index >= 15 is 0 Å². The third-order valence-corrected chi connectivity index (χ3v) is 5.25. The summed E-state index contributed by atoms with van der Waals surface area (Å²) >= 11 is 0. The SMILES string of the molecule is O=C(OCc1ccccc1)[C@H]1C[C@H](Cc2cccc(C3CC3)c2)CN1. The molecule has 2 aromatic rings. The molecule has 0 unspecified atom stereocenters. The smallest absolute Gasteiger partial charge is 0.323 e. The first-order chi connectivity index (χ1) is 12.3. The average Bonchev–Trinajstić information content (AvgIpc) is 3.40. The molecule has 0 spiro atoms. The van der Waals surface area contributed by atoms with Crippen LogP contribution in [0.25, 0.3) is 0 Å². The maximum Gasteiger partial charge on any atom is 0.323 e. The lowest BCUT2D eigenvalue weighted by Crippen LogP contribution is -2.32. The third kappa shape index (κ3) is 4.29. The highest BCUT2D eigenvalue weighted by Gasteiger charge is 2.31. The first-order valence-corrected chi connectivity index (χ1v) is 9.31. The average molecular weight is 335 g/mol. The molecule has 3 nitrogen and oxygen atoms in total. The molecule has 2 fully saturated rings. The highest BCUT2D eigenvalue weighted by Crippen LogP contribution is 2.40. The summed E-state index contributed by atoms with van der Waals surface area (Å²) in [5.74, 6) is 1.17. The molecular formula is C22H25NO2. The fourth-order valence-corrected chi connectivity index (χ4v) is 3.70. The quantitative estimate of drug-likeness (QED) is 0.816. The molecule has 130 valence electrons. The largest absolute Gasteiger partial charge is 0.460 e. The standard InChI is InChI=1S/C22H25NO2/c24-22(25-15-16-5-2-1-3-6-16)21-13-18(14-23-21)11-17-7-4-8-20(12-17)19-9-10-19/h1-8,12,18-19,21,23H,9-11,13-15H2/t18-,21+/m0/s1. The monoisotopic (exact) mass is 335 g/mol.